The number of para-hydroxylation sites is 2. The summed E-state index contributed by atoms with van der Waals surface area (Å²) in [5.74, 6) is 1.77. The van der Waals surface area contributed by atoms with E-state index < -0.39 is 0 Å². The second-order valence-corrected chi connectivity index (χ2v) is 11.4. The average Bonchev–Trinajstić information content (AvgIpc) is 3.42. The summed E-state index contributed by atoms with van der Waals surface area (Å²) in [5, 5.41) is 13.6. The van der Waals surface area contributed by atoms with Crippen LogP contribution in [0.4, 0.5) is 5.69 Å². The minimum Gasteiger partial charge on any atom is -0.506 e. The van der Waals surface area contributed by atoms with Gasteiger partial charge in [-0.1, -0.05) is 96.5 Å². The zero-order valence-electron chi connectivity index (χ0n) is 25.7. The van der Waals surface area contributed by atoms with Crippen LogP contribution in [-0.4, -0.2) is 33.7 Å². The standard InChI is InChI=1S/C40H29N4O2.Pt/c1-43(2)35-24-38(42-39-32(35)17-11-19-37(39)45)46-29-20-21-31-30-16-9-10-18-34(30)44(36(31)23-29)40-33(27-14-7-4-8-15-27)22-28(25-41-40)26-12-5-3-6-13-26;/h3-22,24-25,45H,1-2H3;/q-1;. The Morgan fingerprint density at radius 1 is 0.702 bits per heavy atom. The number of hydrogen-bond acceptors (Lipinski definition) is 5. The molecule has 1 N–H and O–H groups in total. The molecule has 0 saturated heterocycles. The Morgan fingerprint density at radius 3 is 2.17 bits per heavy atom. The van der Waals surface area contributed by atoms with E-state index in [1.165, 1.54) is 0 Å². The molecule has 3 aromatic heterocycles. The van der Waals surface area contributed by atoms with Crippen molar-refractivity contribution in [3.8, 4) is 45.5 Å². The molecule has 0 saturated carbocycles. The van der Waals surface area contributed by atoms with Crippen molar-refractivity contribution < 1.29 is 30.9 Å². The Bertz CT molecular complexity index is 2390. The van der Waals surface area contributed by atoms with Gasteiger partial charge in [-0.3, -0.25) is 0 Å². The minimum absolute atomic E-state index is 0. The number of anilines is 1. The number of rotatable bonds is 6. The van der Waals surface area contributed by atoms with E-state index in [1.54, 1.807) is 6.07 Å². The molecule has 0 aliphatic carbocycles. The number of fused-ring (bicyclic) bond motifs is 4. The van der Waals surface area contributed by atoms with Gasteiger partial charge in [0.15, 0.2) is 0 Å². The second-order valence-electron chi connectivity index (χ2n) is 11.4. The van der Waals surface area contributed by atoms with Gasteiger partial charge < -0.3 is 19.3 Å². The summed E-state index contributed by atoms with van der Waals surface area (Å²) in [6, 6.07) is 46.0. The van der Waals surface area contributed by atoms with Crippen LogP contribution < -0.4 is 9.64 Å². The molecular weight excluding hydrogens is 764 g/mol. The summed E-state index contributed by atoms with van der Waals surface area (Å²) in [6.07, 6.45) is 1.94. The van der Waals surface area contributed by atoms with Crippen LogP contribution in [0.5, 0.6) is 17.4 Å². The third kappa shape index (κ3) is 5.41. The van der Waals surface area contributed by atoms with Crippen molar-refractivity contribution in [2.24, 2.45) is 0 Å². The minimum atomic E-state index is 0. The van der Waals surface area contributed by atoms with Gasteiger partial charge >= 0.3 is 0 Å². The van der Waals surface area contributed by atoms with Gasteiger partial charge in [-0.05, 0) is 34.7 Å². The quantitative estimate of drug-likeness (QED) is 0.170. The molecule has 0 amide bonds. The van der Waals surface area contributed by atoms with Crippen molar-refractivity contribution in [1.82, 2.24) is 14.5 Å². The molecule has 8 rings (SSSR count). The third-order valence-electron chi connectivity index (χ3n) is 8.30. The number of pyridine rings is 2. The molecule has 0 spiro atoms. The number of aromatic nitrogens is 3. The summed E-state index contributed by atoms with van der Waals surface area (Å²) in [6.45, 7) is 0. The predicted molar refractivity (Wildman–Crippen MR) is 186 cm³/mol. The Balaban J connectivity index is 0.00000351. The maximum Gasteiger partial charge on any atom is 0.219 e. The molecule has 0 bridgehead atoms. The topological polar surface area (TPSA) is 63.4 Å². The van der Waals surface area contributed by atoms with E-state index in [0.29, 0.717) is 17.1 Å². The van der Waals surface area contributed by atoms with Crippen LogP contribution in [0.2, 0.25) is 0 Å². The van der Waals surface area contributed by atoms with Gasteiger partial charge in [-0.2, -0.15) is 6.07 Å². The summed E-state index contributed by atoms with van der Waals surface area (Å²) < 4.78 is 8.55. The fourth-order valence-corrected chi connectivity index (χ4v) is 6.14. The van der Waals surface area contributed by atoms with Crippen LogP contribution in [0.25, 0.3) is 60.8 Å². The molecule has 6 nitrogen and oxygen atoms in total. The fraction of sp³-hybridized carbons (Fsp3) is 0.0500. The van der Waals surface area contributed by atoms with E-state index >= 15 is 0 Å². The van der Waals surface area contributed by atoms with Crippen LogP contribution in [0.1, 0.15) is 0 Å². The van der Waals surface area contributed by atoms with Crippen LogP contribution in [0, 0.1) is 6.07 Å². The Morgan fingerprint density at radius 2 is 1.40 bits per heavy atom. The van der Waals surface area contributed by atoms with Crippen molar-refractivity contribution in [2.75, 3.05) is 19.0 Å². The smallest absolute Gasteiger partial charge is 0.219 e. The monoisotopic (exact) mass is 792 g/mol. The number of aromatic hydroxyl groups is 1. The van der Waals surface area contributed by atoms with Gasteiger partial charge in [0.25, 0.3) is 0 Å². The predicted octanol–water partition coefficient (Wildman–Crippen LogP) is 9.42. The molecule has 5 aromatic carbocycles. The first kappa shape index (κ1) is 30.2. The van der Waals surface area contributed by atoms with Gasteiger partial charge in [-0.15, -0.1) is 17.5 Å². The first-order chi connectivity index (χ1) is 22.5. The van der Waals surface area contributed by atoms with Crippen LogP contribution in [0.3, 0.4) is 0 Å². The Labute approximate surface area is 286 Å². The molecule has 8 aromatic rings. The second kappa shape index (κ2) is 12.4. The van der Waals surface area contributed by atoms with E-state index in [-0.39, 0.29) is 26.8 Å². The average molecular weight is 793 g/mol. The van der Waals surface area contributed by atoms with E-state index in [2.05, 4.69) is 82.3 Å². The van der Waals surface area contributed by atoms with Gasteiger partial charge in [0.2, 0.25) is 5.88 Å². The summed E-state index contributed by atoms with van der Waals surface area (Å²) in [4.78, 5) is 11.8. The van der Waals surface area contributed by atoms with Crippen molar-refractivity contribution in [1.29, 1.82) is 0 Å². The summed E-state index contributed by atoms with van der Waals surface area (Å²) in [5.41, 5.74) is 7.45. The fourth-order valence-electron chi connectivity index (χ4n) is 6.14. The first-order valence-corrected chi connectivity index (χ1v) is 15.1. The molecule has 0 atom stereocenters. The maximum absolute atomic E-state index is 10.6. The van der Waals surface area contributed by atoms with Crippen LogP contribution in [-0.2, 0) is 21.1 Å². The molecule has 7 heteroatoms. The molecule has 0 aliphatic heterocycles. The Kier molecular flexibility index (Phi) is 7.96. The first-order valence-electron chi connectivity index (χ1n) is 15.1. The Hall–Kier alpha value is -5.45. The third-order valence-corrected chi connectivity index (χ3v) is 8.30. The molecule has 0 aliphatic rings. The van der Waals surface area contributed by atoms with Crippen LogP contribution in [0.15, 0.2) is 134 Å². The number of benzene rings is 5. The summed E-state index contributed by atoms with van der Waals surface area (Å²) >= 11 is 0. The van der Waals surface area contributed by atoms with Crippen molar-refractivity contribution >= 4 is 38.4 Å². The molecule has 0 fully saturated rings. The zero-order valence-corrected chi connectivity index (χ0v) is 27.9. The maximum atomic E-state index is 10.6. The van der Waals surface area contributed by atoms with Crippen molar-refractivity contribution in [3.05, 3.63) is 140 Å². The van der Waals surface area contributed by atoms with E-state index in [4.69, 9.17) is 9.72 Å². The van der Waals surface area contributed by atoms with E-state index in [1.807, 2.05) is 79.8 Å². The molecule has 47 heavy (non-hydrogen) atoms. The van der Waals surface area contributed by atoms with Gasteiger partial charge in [0.05, 0.1) is 5.69 Å². The number of phenols is 1. The normalized spacial score (nSPS) is 11.1. The largest absolute Gasteiger partial charge is 0.506 e. The molecule has 3 heterocycles. The van der Waals surface area contributed by atoms with Crippen molar-refractivity contribution in [2.45, 2.75) is 0 Å². The van der Waals surface area contributed by atoms with Crippen molar-refractivity contribution in [3.63, 3.8) is 0 Å². The molecule has 232 valence electrons. The molecule has 0 unspecified atom stereocenters. The number of nitrogens with zero attached hydrogens (tertiary/aromatic N) is 4. The van der Waals surface area contributed by atoms with E-state index in [9.17, 15) is 5.11 Å². The number of hydrogen-bond donors (Lipinski definition) is 1. The van der Waals surface area contributed by atoms with Gasteiger partial charge in [-0.25, -0.2) is 9.97 Å². The zero-order chi connectivity index (χ0) is 31.2. The number of ether oxygens (including phenoxy) is 1. The summed E-state index contributed by atoms with van der Waals surface area (Å²) in [7, 11) is 3.92. The van der Waals surface area contributed by atoms with Gasteiger partial charge in [0, 0.05) is 75.2 Å². The molecule has 0 radical (unpaired) electrons. The number of phenolic OH excluding ortho intramolecular Hbond substituents is 1. The van der Waals surface area contributed by atoms with Crippen LogP contribution >= 0.6 is 0 Å². The van der Waals surface area contributed by atoms with E-state index in [0.717, 1.165) is 61.0 Å². The molecular formula is C40H29N4O2Pt-. The van der Waals surface area contributed by atoms with Gasteiger partial charge in [0.1, 0.15) is 17.1 Å². The SMILES string of the molecule is CN(C)c1cc(Oc2[c-]c3c(cc2)c2ccccc2n3-c2ncc(-c3ccccc3)cc2-c2ccccc2)nc2c(O)cccc12.[Pt].